The van der Waals surface area contributed by atoms with Gasteiger partial charge in [-0.1, -0.05) is 25.4 Å². The summed E-state index contributed by atoms with van der Waals surface area (Å²) >= 11 is 6.07. The molecule has 0 aliphatic heterocycles. The van der Waals surface area contributed by atoms with Crippen molar-refractivity contribution in [3.8, 4) is 0 Å². The highest BCUT2D eigenvalue weighted by Crippen LogP contribution is 2.20. The average molecular weight is 430 g/mol. The summed E-state index contributed by atoms with van der Waals surface area (Å²) in [7, 11) is 0. The minimum absolute atomic E-state index is 0.111. The molecule has 1 unspecified atom stereocenters. The van der Waals surface area contributed by atoms with Gasteiger partial charge in [-0.05, 0) is 56.8 Å². The molecule has 0 radical (unpaired) electrons. The molecule has 0 saturated carbocycles. The number of hydrogen-bond donors (Lipinski definition) is 2. The van der Waals surface area contributed by atoms with Crippen LogP contribution in [-0.4, -0.2) is 35.0 Å². The Hall–Kier alpha value is -2.93. The summed E-state index contributed by atoms with van der Waals surface area (Å²) in [5, 5.41) is 4.51. The van der Waals surface area contributed by atoms with Crippen molar-refractivity contribution < 1.29 is 4.79 Å². The Morgan fingerprint density at radius 2 is 2.03 bits per heavy atom. The van der Waals surface area contributed by atoms with Crippen LogP contribution in [-0.2, 0) is 4.79 Å². The van der Waals surface area contributed by atoms with Gasteiger partial charge in [0.15, 0.2) is 0 Å². The lowest BCUT2D eigenvalue weighted by Gasteiger charge is -2.24. The molecule has 2 rings (SSSR count). The number of H-pyrrole nitrogens is 1. The number of rotatable bonds is 6. The maximum atomic E-state index is 12.5. The van der Waals surface area contributed by atoms with Crippen molar-refractivity contribution in [1.82, 2.24) is 15.2 Å². The number of aliphatic imine (C=N–C) groups is 2. The number of aromatic amines is 1. The van der Waals surface area contributed by atoms with E-state index in [4.69, 9.17) is 11.6 Å². The second-order valence-electron chi connectivity index (χ2n) is 7.42. The molecule has 0 aliphatic rings. The number of nitrogens with one attached hydrogen (secondary N) is 2. The first-order valence-corrected chi connectivity index (χ1v) is 10.1. The van der Waals surface area contributed by atoms with E-state index in [1.807, 2.05) is 20.8 Å². The summed E-state index contributed by atoms with van der Waals surface area (Å²) in [4.78, 5) is 37.5. The lowest BCUT2D eigenvalue weighted by molar-refractivity contribution is -0.127. The molecule has 1 aromatic heterocycles. The quantitative estimate of drug-likeness (QED) is 0.531. The third kappa shape index (κ3) is 5.79. The van der Waals surface area contributed by atoms with Crippen LogP contribution >= 0.6 is 11.6 Å². The van der Waals surface area contributed by atoms with Gasteiger partial charge in [0, 0.05) is 35.0 Å². The SMILES string of the molecule is C=N/C(=N\C(=C/C)N(CC(C)C)C(C)=O)NC(C)c1cc2cc(Cl)ccc2[nH]c1=O. The van der Waals surface area contributed by atoms with Gasteiger partial charge in [-0.25, -0.2) is 4.99 Å². The number of amides is 1. The van der Waals surface area contributed by atoms with Crippen molar-refractivity contribution in [3.63, 3.8) is 0 Å². The van der Waals surface area contributed by atoms with Crippen molar-refractivity contribution in [2.75, 3.05) is 6.54 Å². The molecule has 2 aromatic rings. The fourth-order valence-corrected chi connectivity index (χ4v) is 3.22. The predicted molar refractivity (Wildman–Crippen MR) is 124 cm³/mol. The molecule has 30 heavy (non-hydrogen) atoms. The van der Waals surface area contributed by atoms with Crippen LogP contribution in [0.3, 0.4) is 0 Å². The first kappa shape index (κ1) is 23.3. The van der Waals surface area contributed by atoms with E-state index in [-0.39, 0.29) is 23.3 Å². The third-order valence-electron chi connectivity index (χ3n) is 4.48. The number of pyridine rings is 1. The van der Waals surface area contributed by atoms with Gasteiger partial charge < -0.3 is 10.3 Å². The van der Waals surface area contributed by atoms with E-state index < -0.39 is 6.04 Å². The third-order valence-corrected chi connectivity index (χ3v) is 4.72. The Labute approximate surface area is 181 Å². The molecule has 160 valence electrons. The zero-order valence-electron chi connectivity index (χ0n) is 18.0. The second-order valence-corrected chi connectivity index (χ2v) is 7.85. The molecular weight excluding hydrogens is 402 g/mol. The minimum Gasteiger partial charge on any atom is -0.347 e. The lowest BCUT2D eigenvalue weighted by Crippen LogP contribution is -2.33. The van der Waals surface area contributed by atoms with Crippen LogP contribution in [0, 0.1) is 5.92 Å². The number of nitrogens with zero attached hydrogens (tertiary/aromatic N) is 3. The standard InChI is InChI=1S/C22H28ClN5O2/c1-7-20(28(15(5)29)12-13(2)3)27-22(24-6)25-14(4)18-11-16-10-17(23)8-9-19(16)26-21(18)30/h7-11,13-14H,6,12H2,1-5H3,(H,25,27)(H,26,30)/b20-7+. The number of guanidine groups is 1. The zero-order chi connectivity index (χ0) is 22.4. The van der Waals surface area contributed by atoms with E-state index in [1.165, 1.54) is 6.92 Å². The number of fused-ring (bicyclic) bond motifs is 1. The Morgan fingerprint density at radius 3 is 2.60 bits per heavy atom. The smallest absolute Gasteiger partial charge is 0.253 e. The molecule has 0 bridgehead atoms. The summed E-state index contributed by atoms with van der Waals surface area (Å²) in [6, 6.07) is 6.66. The van der Waals surface area contributed by atoms with Gasteiger partial charge in [0.2, 0.25) is 11.9 Å². The Morgan fingerprint density at radius 1 is 1.33 bits per heavy atom. The van der Waals surface area contributed by atoms with Gasteiger partial charge in [-0.3, -0.25) is 14.5 Å². The molecule has 1 amide bonds. The second kappa shape index (κ2) is 10.2. The van der Waals surface area contributed by atoms with Crippen molar-refractivity contribution in [2.24, 2.45) is 15.9 Å². The first-order chi connectivity index (χ1) is 14.2. The number of allylic oxidation sites excluding steroid dienone is 1. The maximum Gasteiger partial charge on any atom is 0.253 e. The molecule has 1 aromatic carbocycles. The predicted octanol–water partition coefficient (Wildman–Crippen LogP) is 4.25. The topological polar surface area (TPSA) is 89.9 Å². The van der Waals surface area contributed by atoms with Crippen LogP contribution in [0.4, 0.5) is 0 Å². The summed E-state index contributed by atoms with van der Waals surface area (Å²) in [6.45, 7) is 13.3. The van der Waals surface area contributed by atoms with Crippen LogP contribution in [0.25, 0.3) is 10.9 Å². The Bertz CT molecular complexity index is 1060. The fraction of sp³-hybridized carbons (Fsp3) is 0.364. The molecule has 7 nitrogen and oxygen atoms in total. The van der Waals surface area contributed by atoms with Crippen molar-refractivity contribution in [2.45, 2.75) is 40.7 Å². The van der Waals surface area contributed by atoms with E-state index in [1.54, 1.807) is 42.2 Å². The highest BCUT2D eigenvalue weighted by Gasteiger charge is 2.17. The lowest BCUT2D eigenvalue weighted by atomic mass is 10.1. The van der Waals surface area contributed by atoms with E-state index >= 15 is 0 Å². The molecular formula is C22H28ClN5O2. The summed E-state index contributed by atoms with van der Waals surface area (Å²) in [5.41, 5.74) is 0.997. The Kier molecular flexibility index (Phi) is 7.94. The molecule has 0 aliphatic carbocycles. The molecule has 0 spiro atoms. The number of carbonyl (C=O) groups excluding carboxylic acids is 1. The van der Waals surface area contributed by atoms with E-state index in [0.29, 0.717) is 28.5 Å². The normalized spacial score (nSPS) is 13.4. The summed E-state index contributed by atoms with van der Waals surface area (Å²) in [6.07, 6.45) is 1.74. The van der Waals surface area contributed by atoms with Crippen LogP contribution in [0.5, 0.6) is 0 Å². The molecule has 0 saturated heterocycles. The van der Waals surface area contributed by atoms with Gasteiger partial charge in [-0.15, -0.1) is 0 Å². The number of carbonyl (C=O) groups is 1. The first-order valence-electron chi connectivity index (χ1n) is 9.75. The number of aromatic nitrogens is 1. The number of benzene rings is 1. The number of hydrogen-bond acceptors (Lipinski definition) is 3. The molecule has 8 heteroatoms. The van der Waals surface area contributed by atoms with Crippen molar-refractivity contribution in [3.05, 3.63) is 57.1 Å². The fourth-order valence-electron chi connectivity index (χ4n) is 3.04. The van der Waals surface area contributed by atoms with Gasteiger partial charge in [0.25, 0.3) is 5.56 Å². The van der Waals surface area contributed by atoms with Gasteiger partial charge >= 0.3 is 0 Å². The largest absolute Gasteiger partial charge is 0.347 e. The van der Waals surface area contributed by atoms with Crippen LogP contribution < -0.4 is 10.9 Å². The average Bonchev–Trinajstić information content (AvgIpc) is 2.68. The molecule has 1 heterocycles. The number of halogens is 1. The zero-order valence-corrected chi connectivity index (χ0v) is 18.7. The van der Waals surface area contributed by atoms with E-state index in [9.17, 15) is 9.59 Å². The van der Waals surface area contributed by atoms with E-state index in [2.05, 4.69) is 27.0 Å². The van der Waals surface area contributed by atoms with Crippen molar-refractivity contribution >= 4 is 41.1 Å². The van der Waals surface area contributed by atoms with Gasteiger partial charge in [0.05, 0.1) is 6.04 Å². The maximum absolute atomic E-state index is 12.5. The highest BCUT2D eigenvalue weighted by molar-refractivity contribution is 6.31. The monoisotopic (exact) mass is 429 g/mol. The van der Waals surface area contributed by atoms with Gasteiger partial charge in [0.1, 0.15) is 5.82 Å². The van der Waals surface area contributed by atoms with Crippen LogP contribution in [0.1, 0.15) is 46.2 Å². The molecule has 2 N–H and O–H groups in total. The summed E-state index contributed by atoms with van der Waals surface area (Å²) < 4.78 is 0. The molecule has 0 fully saturated rings. The van der Waals surface area contributed by atoms with Crippen LogP contribution in [0.2, 0.25) is 5.02 Å². The Balaban J connectivity index is 2.35. The molecule has 1 atom stereocenters. The van der Waals surface area contributed by atoms with Gasteiger partial charge in [-0.2, -0.15) is 4.99 Å². The van der Waals surface area contributed by atoms with Crippen molar-refractivity contribution in [1.29, 1.82) is 0 Å². The summed E-state index contributed by atoms with van der Waals surface area (Å²) in [5.74, 6) is 0.850. The highest BCUT2D eigenvalue weighted by atomic mass is 35.5. The van der Waals surface area contributed by atoms with Crippen LogP contribution in [0.15, 0.2) is 50.9 Å². The van der Waals surface area contributed by atoms with E-state index in [0.717, 1.165) is 5.39 Å². The minimum atomic E-state index is -0.407.